The first-order valence-electron chi connectivity index (χ1n) is 5.77. The van der Waals surface area contributed by atoms with Crippen molar-refractivity contribution in [2.45, 2.75) is 53.1 Å². The molecular formula is C14H23O4-. The van der Waals surface area contributed by atoms with Gasteiger partial charge in [0.2, 0.25) is 0 Å². The zero-order chi connectivity index (χ0) is 14.8. The highest BCUT2D eigenvalue weighted by molar-refractivity contribution is 5.66. The molecule has 0 saturated heterocycles. The molecule has 0 heterocycles. The van der Waals surface area contributed by atoms with Crippen LogP contribution in [0.15, 0.2) is 24.3 Å². The molecule has 0 aliphatic carbocycles. The fourth-order valence-electron chi connectivity index (χ4n) is 1.17. The molecule has 1 atom stereocenters. The topological polar surface area (TPSA) is 66.4 Å². The van der Waals surface area contributed by atoms with Crippen LogP contribution in [0.1, 0.15) is 47.5 Å². The summed E-state index contributed by atoms with van der Waals surface area (Å²) in [6, 6.07) is 0. The molecule has 0 aromatic heterocycles. The summed E-state index contributed by atoms with van der Waals surface area (Å²) in [5, 5.41) is 8.89. The molecular weight excluding hydrogens is 232 g/mol. The Balaban J connectivity index is 0. The number of carbonyl (C=O) groups excluding carboxylic acids is 2. The maximum absolute atomic E-state index is 10.8. The van der Waals surface area contributed by atoms with Gasteiger partial charge in [-0.3, -0.25) is 4.79 Å². The first-order chi connectivity index (χ1) is 8.13. The Morgan fingerprint density at radius 2 is 1.72 bits per heavy atom. The van der Waals surface area contributed by atoms with Gasteiger partial charge in [0, 0.05) is 12.9 Å². The van der Waals surface area contributed by atoms with E-state index in [-0.39, 0.29) is 5.97 Å². The number of carboxylic acids is 1. The Bertz CT molecular complexity index is 310. The van der Waals surface area contributed by atoms with E-state index < -0.39 is 11.6 Å². The molecule has 4 nitrogen and oxygen atoms in total. The molecule has 0 radical (unpaired) electrons. The van der Waals surface area contributed by atoms with Gasteiger partial charge in [-0.25, -0.2) is 0 Å². The van der Waals surface area contributed by atoms with Crippen molar-refractivity contribution in [1.82, 2.24) is 0 Å². The van der Waals surface area contributed by atoms with E-state index in [1.165, 1.54) is 12.5 Å². The molecule has 104 valence electrons. The number of allylic oxidation sites excluding steroid dienone is 2. The number of carbonyl (C=O) groups is 2. The monoisotopic (exact) mass is 255 g/mol. The molecule has 0 aliphatic rings. The molecule has 1 unspecified atom stereocenters. The van der Waals surface area contributed by atoms with Crippen LogP contribution in [-0.2, 0) is 14.3 Å². The lowest BCUT2D eigenvalue weighted by molar-refractivity contribution is -0.302. The van der Waals surface area contributed by atoms with Gasteiger partial charge in [-0.1, -0.05) is 18.2 Å². The molecule has 0 aromatic rings. The highest BCUT2D eigenvalue weighted by Gasteiger charge is 2.22. The van der Waals surface area contributed by atoms with Gasteiger partial charge in [0.05, 0.1) is 0 Å². The molecule has 0 aromatic carbocycles. The van der Waals surface area contributed by atoms with E-state index in [4.69, 9.17) is 14.6 Å². The number of carboxylic acid groups (broad SMARTS) is 1. The maximum Gasteiger partial charge on any atom is 0.303 e. The van der Waals surface area contributed by atoms with Crippen LogP contribution in [0, 0.1) is 0 Å². The zero-order valence-electron chi connectivity index (χ0n) is 11.9. The van der Waals surface area contributed by atoms with E-state index in [1.807, 2.05) is 6.92 Å². The van der Waals surface area contributed by atoms with Crippen molar-refractivity contribution in [3.8, 4) is 0 Å². The van der Waals surface area contributed by atoms with Gasteiger partial charge >= 0.3 is 5.97 Å². The Morgan fingerprint density at radius 1 is 1.28 bits per heavy atom. The van der Waals surface area contributed by atoms with Crippen LogP contribution in [-0.4, -0.2) is 17.5 Å². The minimum Gasteiger partial charge on any atom is -0.550 e. The van der Waals surface area contributed by atoms with Gasteiger partial charge in [-0.15, -0.1) is 0 Å². The van der Waals surface area contributed by atoms with Gasteiger partial charge < -0.3 is 14.6 Å². The Morgan fingerprint density at radius 3 is 2.00 bits per heavy atom. The van der Waals surface area contributed by atoms with Crippen molar-refractivity contribution in [2.75, 3.05) is 0 Å². The minimum atomic E-state index is -1.08. The third kappa shape index (κ3) is 14.4. The van der Waals surface area contributed by atoms with E-state index in [1.54, 1.807) is 6.08 Å². The third-order valence-electron chi connectivity index (χ3n) is 2.00. The second kappa shape index (κ2) is 9.45. The van der Waals surface area contributed by atoms with Gasteiger partial charge in [-0.05, 0) is 46.6 Å². The summed E-state index contributed by atoms with van der Waals surface area (Å²) >= 11 is 0. The van der Waals surface area contributed by atoms with E-state index >= 15 is 0 Å². The van der Waals surface area contributed by atoms with Gasteiger partial charge in [0.1, 0.15) is 5.60 Å². The van der Waals surface area contributed by atoms with Crippen LogP contribution in [0.25, 0.3) is 0 Å². The second-order valence-corrected chi connectivity index (χ2v) is 4.42. The van der Waals surface area contributed by atoms with E-state index in [0.29, 0.717) is 0 Å². The number of hydrogen-bond donors (Lipinski definition) is 0. The van der Waals surface area contributed by atoms with Crippen LogP contribution in [0.4, 0.5) is 0 Å². The molecule has 0 fully saturated rings. The summed E-state index contributed by atoms with van der Waals surface area (Å²) < 4.78 is 5.18. The van der Waals surface area contributed by atoms with Crippen molar-refractivity contribution in [3.05, 3.63) is 24.3 Å². The Labute approximate surface area is 109 Å². The van der Waals surface area contributed by atoms with Crippen molar-refractivity contribution >= 4 is 11.9 Å². The molecule has 0 aliphatic heterocycles. The lowest BCUT2D eigenvalue weighted by atomic mass is 9.99. The number of ether oxygens (including phenoxy) is 1. The van der Waals surface area contributed by atoms with Gasteiger partial charge in [-0.2, -0.15) is 0 Å². The number of esters is 1. The number of aliphatic carboxylic acids is 1. The summed E-state index contributed by atoms with van der Waals surface area (Å²) in [6.45, 7) is 12.1. The summed E-state index contributed by atoms with van der Waals surface area (Å²) in [6.07, 6.45) is 5.50. The normalized spacial score (nSPS) is 12.3. The molecule has 0 amide bonds. The molecule has 0 bridgehead atoms. The molecule has 0 N–H and O–H groups in total. The SMILES string of the molecule is C=CC(C)(CCC=C(C)C)OC(C)=O.CC(=O)[O-]. The molecule has 4 heteroatoms. The molecule has 0 rings (SSSR count). The molecule has 0 spiro atoms. The van der Waals surface area contributed by atoms with Crippen LogP contribution < -0.4 is 5.11 Å². The van der Waals surface area contributed by atoms with Crippen molar-refractivity contribution in [2.24, 2.45) is 0 Å². The van der Waals surface area contributed by atoms with Crippen molar-refractivity contribution < 1.29 is 19.4 Å². The summed E-state index contributed by atoms with van der Waals surface area (Å²) in [4.78, 5) is 19.7. The summed E-state index contributed by atoms with van der Waals surface area (Å²) in [5.74, 6) is -1.34. The Kier molecular flexibility index (Phi) is 9.86. The first-order valence-corrected chi connectivity index (χ1v) is 5.77. The maximum atomic E-state index is 10.8. The standard InChI is InChI=1S/C12H20O2.C2H4O2/c1-6-12(5,14-11(4)13)9-7-8-10(2)3;1-2(3)4/h6,8H,1,7,9H2,2-5H3;1H3,(H,3,4)/p-1. The zero-order valence-corrected chi connectivity index (χ0v) is 11.9. The largest absolute Gasteiger partial charge is 0.550 e. The second-order valence-electron chi connectivity index (χ2n) is 4.42. The predicted octanol–water partition coefficient (Wildman–Crippen LogP) is 2.00. The van der Waals surface area contributed by atoms with E-state index in [2.05, 4.69) is 26.5 Å². The average molecular weight is 255 g/mol. The quantitative estimate of drug-likeness (QED) is 0.556. The third-order valence-corrected chi connectivity index (χ3v) is 2.00. The fraction of sp³-hybridized carbons (Fsp3) is 0.571. The lowest BCUT2D eigenvalue weighted by Gasteiger charge is -2.24. The van der Waals surface area contributed by atoms with Crippen LogP contribution in [0.2, 0.25) is 0 Å². The molecule has 18 heavy (non-hydrogen) atoms. The summed E-state index contributed by atoms with van der Waals surface area (Å²) in [7, 11) is 0. The van der Waals surface area contributed by atoms with Crippen LogP contribution in [0.5, 0.6) is 0 Å². The number of rotatable bonds is 5. The highest BCUT2D eigenvalue weighted by Crippen LogP contribution is 2.19. The smallest absolute Gasteiger partial charge is 0.303 e. The van der Waals surface area contributed by atoms with E-state index in [0.717, 1.165) is 19.8 Å². The number of hydrogen-bond acceptors (Lipinski definition) is 4. The van der Waals surface area contributed by atoms with E-state index in [9.17, 15) is 4.79 Å². The van der Waals surface area contributed by atoms with Crippen molar-refractivity contribution in [1.29, 1.82) is 0 Å². The van der Waals surface area contributed by atoms with Gasteiger partial charge in [0.15, 0.2) is 0 Å². The Hall–Kier alpha value is -1.58. The van der Waals surface area contributed by atoms with Gasteiger partial charge in [0.25, 0.3) is 0 Å². The summed E-state index contributed by atoms with van der Waals surface area (Å²) in [5.41, 5.74) is 0.747. The fourth-order valence-corrected chi connectivity index (χ4v) is 1.17. The van der Waals surface area contributed by atoms with Crippen molar-refractivity contribution in [3.63, 3.8) is 0 Å². The van der Waals surface area contributed by atoms with Crippen LogP contribution >= 0.6 is 0 Å². The predicted molar refractivity (Wildman–Crippen MR) is 69.7 cm³/mol. The first kappa shape index (κ1) is 18.8. The lowest BCUT2D eigenvalue weighted by Crippen LogP contribution is -2.27. The van der Waals surface area contributed by atoms with Crippen LogP contribution in [0.3, 0.4) is 0 Å². The average Bonchev–Trinajstić information content (AvgIpc) is 2.14. The molecule has 0 saturated carbocycles. The highest BCUT2D eigenvalue weighted by atomic mass is 16.6. The minimum absolute atomic E-state index is 0.260.